The molecule has 0 amide bonds. The third-order valence-corrected chi connectivity index (χ3v) is 4.22. The molecular formula is C16H21N3O2. The molecule has 2 aromatic rings. The topological polar surface area (TPSA) is 71.2 Å². The van der Waals surface area contributed by atoms with E-state index >= 15 is 0 Å². The van der Waals surface area contributed by atoms with Crippen LogP contribution in [0.15, 0.2) is 16.7 Å². The molecule has 2 N–H and O–H groups in total. The van der Waals surface area contributed by atoms with Gasteiger partial charge in [-0.1, -0.05) is 18.1 Å². The fraction of sp³-hybridized carbons (Fsp3) is 0.500. The molecule has 0 saturated carbocycles. The predicted molar refractivity (Wildman–Crippen MR) is 79.4 cm³/mol. The lowest BCUT2D eigenvalue weighted by Crippen LogP contribution is -2.22. The van der Waals surface area contributed by atoms with Gasteiger partial charge in [0.2, 0.25) is 5.89 Å². The summed E-state index contributed by atoms with van der Waals surface area (Å²) < 4.78 is 4.97. The van der Waals surface area contributed by atoms with Crippen LogP contribution in [0.1, 0.15) is 53.7 Å². The van der Waals surface area contributed by atoms with Gasteiger partial charge in [-0.15, -0.1) is 0 Å². The number of phenolic OH excluding ortho intramolecular Hbond substituents is 1. The molecule has 0 aliphatic heterocycles. The standard InChI is InChI=1S/C16H21N3O2/c1-9-4-5-13(20)16-12(8-10(2)15(9)16)17-7-6-14-18-11(3)21-19-14/h4-5,10,12,17,20H,6-8H2,1-3H3. The number of fused-ring (bicyclic) bond motifs is 1. The Morgan fingerprint density at radius 2 is 2.14 bits per heavy atom. The van der Waals surface area contributed by atoms with Gasteiger partial charge in [0.15, 0.2) is 5.82 Å². The van der Waals surface area contributed by atoms with E-state index in [2.05, 4.69) is 29.3 Å². The normalized spacial score (nSPS) is 20.7. The van der Waals surface area contributed by atoms with Crippen molar-refractivity contribution in [2.75, 3.05) is 6.54 Å². The maximum atomic E-state index is 10.2. The first-order chi connectivity index (χ1) is 10.1. The second kappa shape index (κ2) is 5.48. The highest BCUT2D eigenvalue weighted by Gasteiger charge is 2.31. The zero-order valence-corrected chi connectivity index (χ0v) is 12.7. The van der Waals surface area contributed by atoms with Crippen molar-refractivity contribution < 1.29 is 9.63 Å². The molecule has 1 aliphatic rings. The minimum Gasteiger partial charge on any atom is -0.508 e. The minimum atomic E-state index is 0.197. The van der Waals surface area contributed by atoms with Gasteiger partial charge in [-0.05, 0) is 36.5 Å². The van der Waals surface area contributed by atoms with Crippen molar-refractivity contribution in [1.29, 1.82) is 0 Å². The molecule has 0 fully saturated rings. The van der Waals surface area contributed by atoms with Gasteiger partial charge in [-0.25, -0.2) is 0 Å². The van der Waals surface area contributed by atoms with Gasteiger partial charge >= 0.3 is 0 Å². The molecule has 0 saturated heterocycles. The Morgan fingerprint density at radius 1 is 1.33 bits per heavy atom. The van der Waals surface area contributed by atoms with Gasteiger partial charge in [0.1, 0.15) is 5.75 Å². The van der Waals surface area contributed by atoms with Crippen LogP contribution >= 0.6 is 0 Å². The van der Waals surface area contributed by atoms with Gasteiger partial charge in [-0.3, -0.25) is 0 Å². The average Bonchev–Trinajstić information content (AvgIpc) is 2.99. The molecule has 21 heavy (non-hydrogen) atoms. The van der Waals surface area contributed by atoms with E-state index in [9.17, 15) is 5.11 Å². The maximum absolute atomic E-state index is 10.2. The van der Waals surface area contributed by atoms with Crippen LogP contribution in [0.5, 0.6) is 5.75 Å². The summed E-state index contributed by atoms with van der Waals surface area (Å²) in [7, 11) is 0. The van der Waals surface area contributed by atoms with E-state index in [4.69, 9.17) is 4.52 Å². The Hall–Kier alpha value is -1.88. The van der Waals surface area contributed by atoms with Crippen molar-refractivity contribution in [3.05, 3.63) is 40.5 Å². The second-order valence-corrected chi connectivity index (χ2v) is 5.85. The number of aryl methyl sites for hydroxylation is 2. The SMILES string of the molecule is Cc1nc(CCNC2CC(C)c3c(C)ccc(O)c32)no1. The van der Waals surface area contributed by atoms with Gasteiger partial charge in [0, 0.05) is 31.5 Å². The van der Waals surface area contributed by atoms with E-state index in [1.807, 2.05) is 6.07 Å². The highest BCUT2D eigenvalue weighted by atomic mass is 16.5. The first-order valence-electron chi connectivity index (χ1n) is 7.41. The number of aromatic nitrogens is 2. The van der Waals surface area contributed by atoms with Crippen LogP contribution in [0, 0.1) is 13.8 Å². The quantitative estimate of drug-likeness (QED) is 0.904. The van der Waals surface area contributed by atoms with Gasteiger partial charge in [-0.2, -0.15) is 4.98 Å². The largest absolute Gasteiger partial charge is 0.508 e. The van der Waals surface area contributed by atoms with Gasteiger partial charge in [0.05, 0.1) is 0 Å². The number of rotatable bonds is 4. The molecule has 2 unspecified atom stereocenters. The molecule has 5 nitrogen and oxygen atoms in total. The first kappa shape index (κ1) is 14.1. The molecule has 5 heteroatoms. The van der Waals surface area contributed by atoms with E-state index in [0.29, 0.717) is 17.6 Å². The van der Waals surface area contributed by atoms with Crippen LogP contribution in [0.2, 0.25) is 0 Å². The smallest absolute Gasteiger partial charge is 0.223 e. The number of hydrogen-bond acceptors (Lipinski definition) is 5. The zero-order chi connectivity index (χ0) is 15.0. The van der Waals surface area contributed by atoms with Crippen molar-refractivity contribution in [3.8, 4) is 5.75 Å². The number of nitrogens with zero attached hydrogens (tertiary/aromatic N) is 2. The molecule has 0 bridgehead atoms. The third kappa shape index (κ3) is 2.65. The van der Waals surface area contributed by atoms with Crippen LogP contribution in [-0.4, -0.2) is 21.8 Å². The molecule has 3 rings (SSSR count). The summed E-state index contributed by atoms with van der Waals surface area (Å²) in [5.74, 6) is 2.18. The summed E-state index contributed by atoms with van der Waals surface area (Å²) >= 11 is 0. The summed E-state index contributed by atoms with van der Waals surface area (Å²) in [6.07, 6.45) is 1.74. The molecule has 1 aromatic heterocycles. The van der Waals surface area contributed by atoms with E-state index in [-0.39, 0.29) is 6.04 Å². The van der Waals surface area contributed by atoms with Crippen molar-refractivity contribution in [3.63, 3.8) is 0 Å². The monoisotopic (exact) mass is 287 g/mol. The fourth-order valence-electron chi connectivity index (χ4n) is 3.33. The van der Waals surface area contributed by atoms with Crippen LogP contribution in [0.3, 0.4) is 0 Å². The number of nitrogens with one attached hydrogen (secondary N) is 1. The first-order valence-corrected chi connectivity index (χ1v) is 7.41. The van der Waals surface area contributed by atoms with Crippen molar-refractivity contribution in [2.24, 2.45) is 0 Å². The fourth-order valence-corrected chi connectivity index (χ4v) is 3.33. The zero-order valence-electron chi connectivity index (χ0n) is 12.7. The summed E-state index contributed by atoms with van der Waals surface area (Å²) in [5, 5.41) is 17.6. The Balaban J connectivity index is 1.70. The lowest BCUT2D eigenvalue weighted by atomic mass is 9.97. The molecule has 112 valence electrons. The molecule has 1 aromatic carbocycles. The van der Waals surface area contributed by atoms with Crippen LogP contribution in [0.25, 0.3) is 0 Å². The molecule has 1 heterocycles. The average molecular weight is 287 g/mol. The van der Waals surface area contributed by atoms with E-state index in [1.165, 1.54) is 11.1 Å². The van der Waals surface area contributed by atoms with Crippen LogP contribution in [-0.2, 0) is 6.42 Å². The number of benzene rings is 1. The summed E-state index contributed by atoms with van der Waals surface area (Å²) in [5.41, 5.74) is 3.61. The predicted octanol–water partition coefficient (Wildman–Crippen LogP) is 2.77. The Morgan fingerprint density at radius 3 is 2.86 bits per heavy atom. The number of aromatic hydroxyl groups is 1. The Bertz CT molecular complexity index is 651. The lowest BCUT2D eigenvalue weighted by Gasteiger charge is -2.15. The Labute approximate surface area is 124 Å². The summed E-state index contributed by atoms with van der Waals surface area (Å²) in [6.45, 7) is 6.89. The minimum absolute atomic E-state index is 0.197. The molecular weight excluding hydrogens is 266 g/mol. The molecule has 0 spiro atoms. The van der Waals surface area contributed by atoms with Crippen LogP contribution in [0.4, 0.5) is 0 Å². The van der Waals surface area contributed by atoms with Gasteiger partial charge < -0.3 is 14.9 Å². The van der Waals surface area contributed by atoms with Crippen molar-refractivity contribution >= 4 is 0 Å². The molecule has 0 radical (unpaired) electrons. The Kier molecular flexibility index (Phi) is 3.68. The van der Waals surface area contributed by atoms with E-state index in [0.717, 1.165) is 30.8 Å². The summed E-state index contributed by atoms with van der Waals surface area (Å²) in [6, 6.07) is 3.99. The highest BCUT2D eigenvalue weighted by molar-refractivity contribution is 5.50. The molecule has 1 aliphatic carbocycles. The maximum Gasteiger partial charge on any atom is 0.223 e. The lowest BCUT2D eigenvalue weighted by molar-refractivity contribution is 0.385. The van der Waals surface area contributed by atoms with Gasteiger partial charge in [0.25, 0.3) is 0 Å². The van der Waals surface area contributed by atoms with E-state index in [1.54, 1.807) is 13.0 Å². The summed E-state index contributed by atoms with van der Waals surface area (Å²) in [4.78, 5) is 4.20. The highest BCUT2D eigenvalue weighted by Crippen LogP contribution is 2.45. The van der Waals surface area contributed by atoms with Crippen molar-refractivity contribution in [1.82, 2.24) is 15.5 Å². The number of hydrogen-bond donors (Lipinski definition) is 2. The van der Waals surface area contributed by atoms with E-state index < -0.39 is 0 Å². The second-order valence-electron chi connectivity index (χ2n) is 5.85. The van der Waals surface area contributed by atoms with Crippen LogP contribution < -0.4 is 5.32 Å². The van der Waals surface area contributed by atoms with Crippen molar-refractivity contribution in [2.45, 2.75) is 45.6 Å². The number of phenols is 1. The molecule has 2 atom stereocenters. The third-order valence-electron chi connectivity index (χ3n) is 4.22.